The Balaban J connectivity index is 1.56. The van der Waals surface area contributed by atoms with Gasteiger partial charge in [0.1, 0.15) is 11.6 Å². The zero-order valence-electron chi connectivity index (χ0n) is 18.5. The minimum absolute atomic E-state index is 0.0430. The van der Waals surface area contributed by atoms with Gasteiger partial charge in [0, 0.05) is 5.92 Å². The average Bonchev–Trinajstić information content (AvgIpc) is 3.68. The van der Waals surface area contributed by atoms with Gasteiger partial charge in [-0.2, -0.15) is 5.26 Å². The number of nitrogens with one attached hydrogen (secondary N) is 2. The molecular weight excluding hydrogens is 457 g/mol. The van der Waals surface area contributed by atoms with Gasteiger partial charge in [0.15, 0.2) is 0 Å². The van der Waals surface area contributed by atoms with Gasteiger partial charge < -0.3 is 15.5 Å². The number of aryl methyl sites for hydroxylation is 1. The second-order valence-electron chi connectivity index (χ2n) is 8.25. The maximum atomic E-state index is 12.5. The fourth-order valence-corrected chi connectivity index (χ4v) is 3.48. The minimum Gasteiger partial charge on any atom is -0.406 e. The Morgan fingerprint density at radius 2 is 1.77 bits per heavy atom. The second-order valence-corrected chi connectivity index (χ2v) is 8.25. The number of nitriles is 1. The monoisotopic (exact) mass is 478 g/mol. The van der Waals surface area contributed by atoms with Crippen molar-refractivity contribution in [2.75, 3.05) is 5.32 Å². The number of anilines is 1. The number of carbonyl (C=O) groups excluding carboxylic acids is 1. The van der Waals surface area contributed by atoms with E-state index in [9.17, 15) is 18.0 Å². The van der Waals surface area contributed by atoms with Gasteiger partial charge in [0.25, 0.3) is 0 Å². The van der Waals surface area contributed by atoms with Crippen LogP contribution in [0.15, 0.2) is 60.7 Å². The zero-order valence-corrected chi connectivity index (χ0v) is 18.5. The van der Waals surface area contributed by atoms with Gasteiger partial charge in [0.2, 0.25) is 5.91 Å². The Kier molecular flexibility index (Phi) is 6.82. The fraction of sp³-hybridized carbons (Fsp3) is 0.231. The Labute approximate surface area is 199 Å². The number of aromatic nitrogens is 1. The van der Waals surface area contributed by atoms with E-state index < -0.39 is 6.36 Å². The lowest BCUT2D eigenvalue weighted by molar-refractivity contribution is -0.274. The van der Waals surface area contributed by atoms with Gasteiger partial charge in [-0.15, -0.1) is 13.2 Å². The van der Waals surface area contributed by atoms with Crippen molar-refractivity contribution in [3.8, 4) is 22.9 Å². The highest BCUT2D eigenvalue weighted by Gasteiger charge is 2.31. The average molecular weight is 478 g/mol. The molecule has 1 amide bonds. The lowest BCUT2D eigenvalue weighted by Gasteiger charge is -2.12. The van der Waals surface area contributed by atoms with Crippen LogP contribution in [0, 0.1) is 22.7 Å². The molecule has 2 aromatic carbocycles. The molecule has 1 aliphatic carbocycles. The van der Waals surface area contributed by atoms with Crippen LogP contribution >= 0.6 is 0 Å². The molecule has 2 N–H and O–H groups in total. The van der Waals surface area contributed by atoms with Crippen molar-refractivity contribution in [2.24, 2.45) is 5.92 Å². The summed E-state index contributed by atoms with van der Waals surface area (Å²) in [6.07, 6.45) is -2.21. The molecule has 1 aliphatic rings. The van der Waals surface area contributed by atoms with Crippen molar-refractivity contribution in [3.63, 3.8) is 0 Å². The summed E-state index contributed by atoms with van der Waals surface area (Å²) in [4.78, 5) is 16.7. The van der Waals surface area contributed by atoms with Gasteiger partial charge in [-0.1, -0.05) is 24.3 Å². The third kappa shape index (κ3) is 6.67. The van der Waals surface area contributed by atoms with E-state index in [4.69, 9.17) is 10.7 Å². The quantitative estimate of drug-likeness (QED) is 0.396. The molecule has 6 nitrogen and oxygen atoms in total. The molecule has 1 fully saturated rings. The molecule has 1 aromatic heterocycles. The summed E-state index contributed by atoms with van der Waals surface area (Å²) >= 11 is 0. The highest BCUT2D eigenvalue weighted by molar-refractivity contribution is 5.99. The number of halogens is 3. The number of hydrogen-bond donors (Lipinski definition) is 2. The van der Waals surface area contributed by atoms with Crippen LogP contribution in [0.2, 0.25) is 0 Å². The molecule has 178 valence electrons. The van der Waals surface area contributed by atoms with Crippen LogP contribution in [0.5, 0.6) is 5.75 Å². The van der Waals surface area contributed by atoms with E-state index in [2.05, 4.69) is 21.1 Å². The standard InChI is InChI=1S/C26H21F3N4O2/c27-26(28,29)35-21-10-8-18(9-11-21)20-13-23(32-24(14-20)33-25(34)19-6-7-19)22(31)12-5-16-1-3-17(15-30)4-2-16/h1-4,8-11,13-14,19,31H,5-7,12H2,(H,32,33,34). The highest BCUT2D eigenvalue weighted by Crippen LogP contribution is 2.31. The number of ether oxygens (including phenoxy) is 1. The number of carbonyl (C=O) groups is 1. The summed E-state index contributed by atoms with van der Waals surface area (Å²) in [6, 6.07) is 17.9. The normalized spacial score (nSPS) is 13.1. The first-order valence-electron chi connectivity index (χ1n) is 11.0. The molecule has 0 aliphatic heterocycles. The van der Waals surface area contributed by atoms with Crippen molar-refractivity contribution < 1.29 is 22.7 Å². The summed E-state index contributed by atoms with van der Waals surface area (Å²) in [7, 11) is 0. The predicted octanol–water partition coefficient (Wildman–Crippen LogP) is 5.87. The molecule has 9 heteroatoms. The van der Waals surface area contributed by atoms with Crippen LogP contribution in [-0.4, -0.2) is 23.0 Å². The molecule has 4 rings (SSSR count). The van der Waals surface area contributed by atoms with Crippen molar-refractivity contribution in [1.29, 1.82) is 10.7 Å². The van der Waals surface area contributed by atoms with Crippen molar-refractivity contribution in [3.05, 3.63) is 77.5 Å². The SMILES string of the molecule is N#Cc1ccc(CCC(=N)c2cc(-c3ccc(OC(F)(F)F)cc3)cc(NC(=O)C3CC3)n2)cc1. The summed E-state index contributed by atoms with van der Waals surface area (Å²) in [6.45, 7) is 0. The summed E-state index contributed by atoms with van der Waals surface area (Å²) in [5.41, 5.74) is 3.31. The lowest BCUT2D eigenvalue weighted by Crippen LogP contribution is -2.17. The smallest absolute Gasteiger partial charge is 0.406 e. The van der Waals surface area contributed by atoms with Gasteiger partial charge in [-0.05, 0) is 78.8 Å². The largest absolute Gasteiger partial charge is 0.573 e. The van der Waals surface area contributed by atoms with E-state index in [0.29, 0.717) is 35.2 Å². The Morgan fingerprint density at radius 1 is 1.09 bits per heavy atom. The van der Waals surface area contributed by atoms with Gasteiger partial charge >= 0.3 is 6.36 Å². The van der Waals surface area contributed by atoms with E-state index in [0.717, 1.165) is 18.4 Å². The second kappa shape index (κ2) is 9.97. The Morgan fingerprint density at radius 3 is 2.37 bits per heavy atom. The van der Waals surface area contributed by atoms with Crippen molar-refractivity contribution in [1.82, 2.24) is 4.98 Å². The third-order valence-electron chi connectivity index (χ3n) is 5.50. The first-order chi connectivity index (χ1) is 16.7. The number of hydrogen-bond acceptors (Lipinski definition) is 5. The summed E-state index contributed by atoms with van der Waals surface area (Å²) in [5, 5.41) is 20.3. The van der Waals surface area contributed by atoms with Crippen molar-refractivity contribution >= 4 is 17.4 Å². The van der Waals surface area contributed by atoms with Crippen LogP contribution in [-0.2, 0) is 11.2 Å². The molecule has 1 heterocycles. The number of benzene rings is 2. The maximum absolute atomic E-state index is 12.5. The predicted molar refractivity (Wildman–Crippen MR) is 124 cm³/mol. The van der Waals surface area contributed by atoms with Gasteiger partial charge in [-0.3, -0.25) is 4.79 Å². The number of alkyl halides is 3. The van der Waals surface area contributed by atoms with E-state index in [1.807, 2.05) is 12.1 Å². The van der Waals surface area contributed by atoms with E-state index in [-0.39, 0.29) is 29.1 Å². The molecule has 0 atom stereocenters. The van der Waals surface area contributed by atoms with Gasteiger partial charge in [-0.25, -0.2) is 4.98 Å². The van der Waals surface area contributed by atoms with Crippen LogP contribution in [0.25, 0.3) is 11.1 Å². The lowest BCUT2D eigenvalue weighted by atomic mass is 10.0. The topological polar surface area (TPSA) is 98.9 Å². The number of nitrogens with zero attached hydrogens (tertiary/aromatic N) is 2. The Hall–Kier alpha value is -4.19. The van der Waals surface area contributed by atoms with Crippen LogP contribution in [0.1, 0.15) is 36.1 Å². The molecule has 0 unspecified atom stereocenters. The summed E-state index contributed by atoms with van der Waals surface area (Å²) in [5.74, 6) is -0.238. The van der Waals surface area contributed by atoms with Crippen LogP contribution < -0.4 is 10.1 Å². The first-order valence-corrected chi connectivity index (χ1v) is 11.0. The van der Waals surface area contributed by atoms with Crippen molar-refractivity contribution in [2.45, 2.75) is 32.0 Å². The number of pyridine rings is 1. The van der Waals surface area contributed by atoms with E-state index in [1.54, 1.807) is 24.3 Å². The fourth-order valence-electron chi connectivity index (χ4n) is 3.48. The first kappa shape index (κ1) is 24.0. The van der Waals surface area contributed by atoms with Crippen LogP contribution in [0.3, 0.4) is 0 Å². The third-order valence-corrected chi connectivity index (χ3v) is 5.50. The molecule has 0 radical (unpaired) electrons. The minimum atomic E-state index is -4.78. The highest BCUT2D eigenvalue weighted by atomic mass is 19.4. The molecule has 0 saturated heterocycles. The summed E-state index contributed by atoms with van der Waals surface area (Å²) < 4.78 is 41.4. The number of rotatable bonds is 8. The maximum Gasteiger partial charge on any atom is 0.573 e. The number of amides is 1. The van der Waals surface area contributed by atoms with E-state index >= 15 is 0 Å². The zero-order chi connectivity index (χ0) is 25.0. The Bertz CT molecular complexity index is 1280. The molecule has 3 aromatic rings. The molecule has 1 saturated carbocycles. The molecule has 0 spiro atoms. The molecule has 0 bridgehead atoms. The molecule has 35 heavy (non-hydrogen) atoms. The van der Waals surface area contributed by atoms with E-state index in [1.165, 1.54) is 24.3 Å². The van der Waals surface area contributed by atoms with Gasteiger partial charge in [0.05, 0.1) is 23.0 Å². The molecular formula is C26H21F3N4O2. The van der Waals surface area contributed by atoms with Crippen LogP contribution in [0.4, 0.5) is 19.0 Å².